The molecule has 0 aromatic heterocycles. The molecule has 4 nitrogen and oxygen atoms in total. The molecule has 0 unspecified atom stereocenters. The fourth-order valence-corrected chi connectivity index (χ4v) is 3.48. The Morgan fingerprint density at radius 3 is 2.54 bits per heavy atom. The van der Waals surface area contributed by atoms with Crippen LogP contribution in [0.4, 0.5) is 23.7 Å². The number of urea groups is 1. The molecular formula is C17H22F3N3O. The summed E-state index contributed by atoms with van der Waals surface area (Å²) in [4.78, 5) is 12.0. The lowest BCUT2D eigenvalue weighted by atomic mass is 9.81. The van der Waals surface area contributed by atoms with Crippen LogP contribution in [0.15, 0.2) is 18.2 Å². The molecule has 1 aliphatic carbocycles. The third-order valence-electron chi connectivity index (χ3n) is 4.96. The van der Waals surface area contributed by atoms with E-state index in [9.17, 15) is 18.0 Å². The van der Waals surface area contributed by atoms with Crippen LogP contribution in [0.1, 0.15) is 36.8 Å². The number of nitrogens with one attached hydrogen (secondary N) is 3. The van der Waals surface area contributed by atoms with Gasteiger partial charge in [-0.2, -0.15) is 13.2 Å². The zero-order chi connectivity index (χ0) is 17.2. The number of hydrogen-bond donors (Lipinski definition) is 3. The lowest BCUT2D eigenvalue weighted by molar-refractivity contribution is -0.183. The molecule has 2 aliphatic rings. The number of fused-ring (bicyclic) bond motifs is 1. The van der Waals surface area contributed by atoms with Crippen LogP contribution in [0.3, 0.4) is 0 Å². The van der Waals surface area contributed by atoms with Gasteiger partial charge < -0.3 is 16.0 Å². The summed E-state index contributed by atoms with van der Waals surface area (Å²) < 4.78 is 37.9. The van der Waals surface area contributed by atoms with E-state index in [2.05, 4.69) is 16.0 Å². The monoisotopic (exact) mass is 341 g/mol. The van der Waals surface area contributed by atoms with E-state index in [1.807, 2.05) is 18.2 Å². The van der Waals surface area contributed by atoms with E-state index in [-0.39, 0.29) is 24.8 Å². The molecule has 24 heavy (non-hydrogen) atoms. The van der Waals surface area contributed by atoms with Gasteiger partial charge in [-0.25, -0.2) is 4.79 Å². The maximum Gasteiger partial charge on any atom is 0.391 e. The highest BCUT2D eigenvalue weighted by atomic mass is 19.4. The number of rotatable bonds is 3. The first-order chi connectivity index (χ1) is 11.4. The lowest BCUT2D eigenvalue weighted by Crippen LogP contribution is -2.36. The second-order valence-corrected chi connectivity index (χ2v) is 6.68. The molecule has 1 fully saturated rings. The van der Waals surface area contributed by atoms with Gasteiger partial charge in [0.1, 0.15) is 0 Å². The number of amides is 2. The van der Waals surface area contributed by atoms with Gasteiger partial charge in [-0.15, -0.1) is 0 Å². The molecule has 0 atom stereocenters. The fourth-order valence-electron chi connectivity index (χ4n) is 3.48. The van der Waals surface area contributed by atoms with E-state index in [0.29, 0.717) is 19.4 Å². The average Bonchev–Trinajstić information content (AvgIpc) is 3.00. The zero-order valence-corrected chi connectivity index (χ0v) is 13.4. The Morgan fingerprint density at radius 1 is 1.12 bits per heavy atom. The van der Waals surface area contributed by atoms with Crippen LogP contribution in [0, 0.1) is 11.8 Å². The Kier molecular flexibility index (Phi) is 4.99. The van der Waals surface area contributed by atoms with Crippen molar-refractivity contribution in [2.24, 2.45) is 11.8 Å². The van der Waals surface area contributed by atoms with Crippen molar-refractivity contribution in [1.29, 1.82) is 0 Å². The summed E-state index contributed by atoms with van der Waals surface area (Å²) in [5.41, 5.74) is 3.15. The molecule has 1 aromatic carbocycles. The van der Waals surface area contributed by atoms with Crippen LogP contribution < -0.4 is 16.0 Å². The van der Waals surface area contributed by atoms with Gasteiger partial charge in [-0.05, 0) is 54.9 Å². The van der Waals surface area contributed by atoms with Crippen LogP contribution in [0.25, 0.3) is 0 Å². The summed E-state index contributed by atoms with van der Waals surface area (Å²) in [6.45, 7) is 2.07. The summed E-state index contributed by atoms with van der Waals surface area (Å²) in [7, 11) is 0. The summed E-state index contributed by atoms with van der Waals surface area (Å²) in [6.07, 6.45) is -2.74. The van der Waals surface area contributed by atoms with Crippen molar-refractivity contribution >= 4 is 11.7 Å². The minimum absolute atomic E-state index is 0.124. The van der Waals surface area contributed by atoms with Crippen molar-refractivity contribution in [1.82, 2.24) is 10.6 Å². The molecule has 1 saturated carbocycles. The maximum atomic E-state index is 12.6. The molecule has 132 valence electrons. The Bertz CT molecular complexity index is 595. The molecule has 7 heteroatoms. The number of hydrogen-bond acceptors (Lipinski definition) is 2. The predicted molar refractivity (Wildman–Crippen MR) is 85.5 cm³/mol. The van der Waals surface area contributed by atoms with Gasteiger partial charge in [0, 0.05) is 25.3 Å². The number of benzene rings is 1. The van der Waals surface area contributed by atoms with E-state index in [1.54, 1.807) is 0 Å². The number of alkyl halides is 3. The van der Waals surface area contributed by atoms with E-state index < -0.39 is 12.1 Å². The van der Waals surface area contributed by atoms with Crippen LogP contribution in [0.2, 0.25) is 0 Å². The van der Waals surface area contributed by atoms with Crippen LogP contribution in [-0.4, -0.2) is 18.8 Å². The largest absolute Gasteiger partial charge is 0.391 e. The van der Waals surface area contributed by atoms with Crippen molar-refractivity contribution in [2.45, 2.75) is 44.9 Å². The Hall–Kier alpha value is -1.76. The van der Waals surface area contributed by atoms with Crippen molar-refractivity contribution in [3.05, 3.63) is 29.3 Å². The summed E-state index contributed by atoms with van der Waals surface area (Å²) >= 11 is 0. The van der Waals surface area contributed by atoms with Crippen LogP contribution in [-0.2, 0) is 13.1 Å². The average molecular weight is 341 g/mol. The summed E-state index contributed by atoms with van der Waals surface area (Å²) in [6, 6.07) is 5.49. The fraction of sp³-hybridized carbons (Fsp3) is 0.588. The smallest absolute Gasteiger partial charge is 0.338 e. The number of anilines is 1. The second-order valence-electron chi connectivity index (χ2n) is 6.68. The molecule has 0 spiro atoms. The molecule has 1 heterocycles. The molecule has 0 bridgehead atoms. The first kappa shape index (κ1) is 17.1. The van der Waals surface area contributed by atoms with Crippen LogP contribution in [0.5, 0.6) is 0 Å². The minimum Gasteiger partial charge on any atom is -0.338 e. The lowest BCUT2D eigenvalue weighted by Gasteiger charge is -2.29. The van der Waals surface area contributed by atoms with E-state index in [4.69, 9.17) is 0 Å². The van der Waals surface area contributed by atoms with Gasteiger partial charge in [0.2, 0.25) is 0 Å². The van der Waals surface area contributed by atoms with Gasteiger partial charge in [-0.1, -0.05) is 6.07 Å². The molecule has 1 aliphatic heterocycles. The number of carbonyl (C=O) groups is 1. The molecule has 1 aromatic rings. The van der Waals surface area contributed by atoms with Gasteiger partial charge >= 0.3 is 12.2 Å². The van der Waals surface area contributed by atoms with E-state index >= 15 is 0 Å². The predicted octanol–water partition coefficient (Wildman–Crippen LogP) is 3.78. The van der Waals surface area contributed by atoms with Gasteiger partial charge in [0.05, 0.1) is 5.92 Å². The van der Waals surface area contributed by atoms with Gasteiger partial charge in [0.15, 0.2) is 0 Å². The minimum atomic E-state index is -4.09. The highest BCUT2D eigenvalue weighted by Crippen LogP contribution is 2.39. The van der Waals surface area contributed by atoms with Gasteiger partial charge in [0.25, 0.3) is 0 Å². The highest BCUT2D eigenvalue weighted by Gasteiger charge is 2.41. The quantitative estimate of drug-likeness (QED) is 0.784. The van der Waals surface area contributed by atoms with Crippen molar-refractivity contribution in [2.75, 3.05) is 11.9 Å². The third kappa shape index (κ3) is 4.20. The van der Waals surface area contributed by atoms with Crippen molar-refractivity contribution < 1.29 is 18.0 Å². The standard InChI is InChI=1S/C17H22F3N3O/c18-17(19,20)14-4-1-11(2-5-14)8-22-16(24)23-15-6-3-12-9-21-10-13(12)7-15/h3,6-7,11,14,21H,1-2,4-5,8-10H2,(H2,22,23,24). The molecule has 2 amide bonds. The summed E-state index contributed by atoms with van der Waals surface area (Å²) in [5.74, 6) is -1.05. The second kappa shape index (κ2) is 7.01. The summed E-state index contributed by atoms with van der Waals surface area (Å²) in [5, 5.41) is 8.80. The maximum absolute atomic E-state index is 12.6. The Balaban J connectivity index is 1.42. The number of carbonyl (C=O) groups excluding carboxylic acids is 1. The van der Waals surface area contributed by atoms with Crippen molar-refractivity contribution in [3.8, 4) is 0 Å². The zero-order valence-electron chi connectivity index (χ0n) is 13.4. The molecule has 3 rings (SSSR count). The SMILES string of the molecule is O=C(NCC1CCC(C(F)(F)F)CC1)Nc1ccc2c(c1)CNC2. The molecular weight excluding hydrogens is 319 g/mol. The first-order valence-corrected chi connectivity index (χ1v) is 8.36. The van der Waals surface area contributed by atoms with Gasteiger partial charge in [-0.3, -0.25) is 0 Å². The molecule has 3 N–H and O–H groups in total. The first-order valence-electron chi connectivity index (χ1n) is 8.36. The molecule has 0 radical (unpaired) electrons. The van der Waals surface area contributed by atoms with Crippen LogP contribution >= 0.6 is 0 Å². The van der Waals surface area contributed by atoms with Crippen molar-refractivity contribution in [3.63, 3.8) is 0 Å². The Morgan fingerprint density at radius 2 is 1.83 bits per heavy atom. The van der Waals surface area contributed by atoms with E-state index in [1.165, 1.54) is 11.1 Å². The third-order valence-corrected chi connectivity index (χ3v) is 4.96. The van der Waals surface area contributed by atoms with E-state index in [0.717, 1.165) is 18.8 Å². The normalized spacial score (nSPS) is 23.6. The Labute approximate surface area is 139 Å². The highest BCUT2D eigenvalue weighted by molar-refractivity contribution is 5.89. The molecule has 0 saturated heterocycles. The number of halogens is 3. The topological polar surface area (TPSA) is 53.2 Å².